The van der Waals surface area contributed by atoms with Crippen molar-refractivity contribution in [3.8, 4) is 29.6 Å². The Balaban J connectivity index is 1.56. The van der Waals surface area contributed by atoms with E-state index in [1.165, 1.54) is 6.08 Å². The first-order valence-electron chi connectivity index (χ1n) is 11.7. The third-order valence-electron chi connectivity index (χ3n) is 5.46. The van der Waals surface area contributed by atoms with E-state index >= 15 is 0 Å². The number of hydrogen-bond acceptors (Lipinski definition) is 6. The minimum absolute atomic E-state index is 0.0329. The third-order valence-corrected chi connectivity index (χ3v) is 6.58. The summed E-state index contributed by atoms with van der Waals surface area (Å²) < 4.78 is 18.5. The number of nitrogens with zero attached hydrogens (tertiary/aromatic N) is 1. The Hall–Kier alpha value is -4.07. The number of barbiturate groups is 1. The number of ether oxygens (including phenoxy) is 3. The Morgan fingerprint density at radius 3 is 2.36 bits per heavy atom. The summed E-state index contributed by atoms with van der Waals surface area (Å²) in [5, 5.41) is 2.22. The summed E-state index contributed by atoms with van der Waals surface area (Å²) in [6.07, 6.45) is 6.68. The van der Waals surface area contributed by atoms with E-state index < -0.39 is 17.8 Å². The van der Waals surface area contributed by atoms with Crippen molar-refractivity contribution < 1.29 is 28.6 Å². The number of imide groups is 2. The Morgan fingerprint density at radius 2 is 1.69 bits per heavy atom. The molecule has 1 aliphatic heterocycles. The number of urea groups is 1. The maximum atomic E-state index is 13.3. The molecule has 0 unspecified atom stereocenters. The Kier molecular flexibility index (Phi) is 9.07. The van der Waals surface area contributed by atoms with Gasteiger partial charge < -0.3 is 14.2 Å². The van der Waals surface area contributed by atoms with Crippen LogP contribution in [-0.2, 0) is 16.2 Å². The summed E-state index contributed by atoms with van der Waals surface area (Å²) in [7, 11) is 0. The van der Waals surface area contributed by atoms with Gasteiger partial charge in [0.25, 0.3) is 11.8 Å². The smallest absolute Gasteiger partial charge is 0.335 e. The molecule has 1 fully saturated rings. The number of carbonyl (C=O) groups excluding carboxylic acids is 3. The first kappa shape index (κ1) is 28.0. The number of halogens is 2. The second kappa shape index (κ2) is 12.7. The molecular weight excluding hydrogens is 632 g/mol. The minimum atomic E-state index is -0.847. The number of nitrogens with one attached hydrogen (secondary N) is 1. The number of hydrogen-bond donors (Lipinski definition) is 1. The molecule has 39 heavy (non-hydrogen) atoms. The Labute approximate surface area is 242 Å². The van der Waals surface area contributed by atoms with Crippen LogP contribution in [-0.4, -0.2) is 31.1 Å². The van der Waals surface area contributed by atoms with Gasteiger partial charge in [-0.3, -0.25) is 14.9 Å². The van der Waals surface area contributed by atoms with Gasteiger partial charge >= 0.3 is 6.03 Å². The maximum Gasteiger partial charge on any atom is 0.335 e. The minimum Gasteiger partial charge on any atom is -0.490 e. The quantitative estimate of drug-likeness (QED) is 0.176. The molecule has 0 spiro atoms. The molecule has 1 saturated heterocycles. The summed E-state index contributed by atoms with van der Waals surface area (Å²) in [5.74, 6) is 2.15. The lowest BCUT2D eigenvalue weighted by Gasteiger charge is -2.26. The van der Waals surface area contributed by atoms with Crippen LogP contribution in [0.15, 0.2) is 75.2 Å². The molecule has 4 amide bonds. The molecule has 10 heteroatoms. The Bertz CT molecular complexity index is 1480. The fourth-order valence-corrected chi connectivity index (χ4v) is 4.52. The van der Waals surface area contributed by atoms with E-state index in [0.29, 0.717) is 40.5 Å². The van der Waals surface area contributed by atoms with Crippen LogP contribution < -0.4 is 24.4 Å². The summed E-state index contributed by atoms with van der Waals surface area (Å²) in [6, 6.07) is 16.6. The maximum absolute atomic E-state index is 13.3. The van der Waals surface area contributed by atoms with Gasteiger partial charge in [-0.25, -0.2) is 9.69 Å². The number of terminal acetylenes is 1. The highest BCUT2D eigenvalue weighted by Gasteiger charge is 2.37. The van der Waals surface area contributed by atoms with Gasteiger partial charge in [0.15, 0.2) is 11.5 Å². The number of carbonyl (C=O) groups is 3. The molecule has 0 aliphatic carbocycles. The number of amides is 4. The fraction of sp³-hybridized carbons (Fsp3) is 0.138. The van der Waals surface area contributed by atoms with Gasteiger partial charge in [0.2, 0.25) is 0 Å². The van der Waals surface area contributed by atoms with E-state index in [-0.39, 0.29) is 17.9 Å². The summed E-state index contributed by atoms with van der Waals surface area (Å²) in [6.45, 7) is 2.54. The lowest BCUT2D eigenvalue weighted by atomic mass is 10.1. The second-order valence-corrected chi connectivity index (χ2v) is 9.89. The normalized spacial score (nSPS) is 14.2. The number of anilines is 1. The van der Waals surface area contributed by atoms with E-state index in [1.54, 1.807) is 36.4 Å². The highest BCUT2D eigenvalue weighted by molar-refractivity contribution is 9.10. The zero-order valence-corrected chi connectivity index (χ0v) is 23.9. The van der Waals surface area contributed by atoms with E-state index in [0.717, 1.165) is 14.9 Å². The summed E-state index contributed by atoms with van der Waals surface area (Å²) in [5.41, 5.74) is 1.51. The first-order valence-corrected chi connectivity index (χ1v) is 13.3. The summed E-state index contributed by atoms with van der Waals surface area (Å²) >= 11 is 6.82. The molecule has 4 rings (SSSR count). The van der Waals surface area contributed by atoms with Crippen molar-refractivity contribution in [2.75, 3.05) is 18.1 Å². The second-order valence-electron chi connectivity index (χ2n) is 8.12. The van der Waals surface area contributed by atoms with E-state index in [1.807, 2.05) is 31.2 Å². The molecular formula is C29H22Br2N2O6. The molecule has 0 radical (unpaired) electrons. The van der Waals surface area contributed by atoms with Crippen molar-refractivity contribution >= 4 is 61.5 Å². The van der Waals surface area contributed by atoms with Crippen LogP contribution in [0.3, 0.4) is 0 Å². The van der Waals surface area contributed by atoms with E-state index in [9.17, 15) is 14.4 Å². The number of rotatable bonds is 9. The van der Waals surface area contributed by atoms with E-state index in [4.69, 9.17) is 20.6 Å². The number of benzene rings is 3. The topological polar surface area (TPSA) is 94.2 Å². The molecule has 0 atom stereocenters. The first-order chi connectivity index (χ1) is 18.8. The van der Waals surface area contributed by atoms with Crippen LogP contribution in [0.4, 0.5) is 10.5 Å². The van der Waals surface area contributed by atoms with Gasteiger partial charge in [-0.05, 0) is 88.6 Å². The SMILES string of the molecule is C#CCOc1c(Br)cc(/C=C2\C(=O)NC(=O)N(c3ccc(OCc4ccc(Br)cc4)cc3)C2=O)cc1OCC. The average molecular weight is 654 g/mol. The van der Waals surface area contributed by atoms with Crippen LogP contribution in [0.5, 0.6) is 17.2 Å². The van der Waals surface area contributed by atoms with Crippen LogP contribution in [0.2, 0.25) is 0 Å². The molecule has 1 aliphatic rings. The Morgan fingerprint density at radius 1 is 0.974 bits per heavy atom. The van der Waals surface area contributed by atoms with Gasteiger partial charge in [-0.1, -0.05) is 34.0 Å². The third kappa shape index (κ3) is 6.69. The van der Waals surface area contributed by atoms with Gasteiger partial charge in [-0.15, -0.1) is 6.42 Å². The van der Waals surface area contributed by atoms with E-state index in [2.05, 4.69) is 43.1 Å². The molecule has 3 aromatic carbocycles. The molecule has 1 N–H and O–H groups in total. The lowest BCUT2D eigenvalue weighted by molar-refractivity contribution is -0.122. The zero-order chi connectivity index (χ0) is 27.9. The van der Waals surface area contributed by atoms with Crippen molar-refractivity contribution in [1.82, 2.24) is 5.32 Å². The molecule has 1 heterocycles. The molecule has 0 bridgehead atoms. The zero-order valence-electron chi connectivity index (χ0n) is 20.7. The van der Waals surface area contributed by atoms with Crippen molar-refractivity contribution in [3.63, 3.8) is 0 Å². The highest BCUT2D eigenvalue weighted by atomic mass is 79.9. The lowest BCUT2D eigenvalue weighted by Crippen LogP contribution is -2.54. The van der Waals surface area contributed by atoms with Crippen LogP contribution in [0, 0.1) is 12.3 Å². The van der Waals surface area contributed by atoms with Gasteiger partial charge in [-0.2, -0.15) is 0 Å². The largest absolute Gasteiger partial charge is 0.490 e. The van der Waals surface area contributed by atoms with Crippen molar-refractivity contribution in [2.24, 2.45) is 0 Å². The standard InChI is InChI=1S/C29H22Br2N2O6/c1-3-13-38-26-24(31)15-19(16-25(26)37-4-2)14-23-27(34)32-29(36)33(28(23)35)21-9-11-22(12-10-21)39-17-18-5-7-20(30)8-6-18/h1,5-12,14-16H,4,13,17H2,2H3,(H,32,34,36)/b23-14+. The van der Waals surface area contributed by atoms with Crippen LogP contribution in [0.1, 0.15) is 18.1 Å². The van der Waals surface area contributed by atoms with Crippen LogP contribution in [0.25, 0.3) is 6.08 Å². The van der Waals surface area contributed by atoms with Crippen molar-refractivity contribution in [3.05, 3.63) is 86.3 Å². The predicted molar refractivity (Wildman–Crippen MR) is 154 cm³/mol. The van der Waals surface area contributed by atoms with Crippen molar-refractivity contribution in [2.45, 2.75) is 13.5 Å². The van der Waals surface area contributed by atoms with Crippen LogP contribution >= 0.6 is 31.9 Å². The van der Waals surface area contributed by atoms with Gasteiger partial charge in [0.1, 0.15) is 24.5 Å². The molecule has 8 nitrogen and oxygen atoms in total. The molecule has 198 valence electrons. The summed E-state index contributed by atoms with van der Waals surface area (Å²) in [4.78, 5) is 39.5. The fourth-order valence-electron chi connectivity index (χ4n) is 3.69. The highest BCUT2D eigenvalue weighted by Crippen LogP contribution is 2.38. The molecule has 0 saturated carbocycles. The molecule has 0 aromatic heterocycles. The van der Waals surface area contributed by atoms with Gasteiger partial charge in [0.05, 0.1) is 16.8 Å². The molecule has 3 aromatic rings. The monoisotopic (exact) mass is 652 g/mol. The van der Waals surface area contributed by atoms with Gasteiger partial charge in [0, 0.05) is 4.47 Å². The average Bonchev–Trinajstić information content (AvgIpc) is 2.91. The predicted octanol–water partition coefficient (Wildman–Crippen LogP) is 5.87. The van der Waals surface area contributed by atoms with Crippen molar-refractivity contribution in [1.29, 1.82) is 0 Å².